The molecule has 0 unspecified atom stereocenters. The van der Waals surface area contributed by atoms with E-state index in [1.807, 2.05) is 43.7 Å². The highest BCUT2D eigenvalue weighted by Gasteiger charge is 2.35. The molecule has 0 saturated carbocycles. The van der Waals surface area contributed by atoms with Crippen LogP contribution in [0.4, 0.5) is 0 Å². The van der Waals surface area contributed by atoms with Gasteiger partial charge in [-0.15, -0.1) is 0 Å². The molecule has 0 spiro atoms. The smallest absolute Gasteiger partial charge is 0.259 e. The Kier molecular flexibility index (Phi) is 5.07. The molecule has 2 heterocycles. The van der Waals surface area contributed by atoms with Gasteiger partial charge in [-0.25, -0.2) is 0 Å². The van der Waals surface area contributed by atoms with Crippen LogP contribution in [0.25, 0.3) is 32.9 Å². The predicted octanol–water partition coefficient (Wildman–Crippen LogP) is 4.64. The lowest BCUT2D eigenvalue weighted by Gasteiger charge is -2.22. The maximum Gasteiger partial charge on any atom is 0.259 e. The van der Waals surface area contributed by atoms with Crippen molar-refractivity contribution in [3.63, 3.8) is 0 Å². The van der Waals surface area contributed by atoms with Gasteiger partial charge in [0, 0.05) is 39.9 Å². The fourth-order valence-electron chi connectivity index (χ4n) is 4.39. The number of amides is 2. The van der Waals surface area contributed by atoms with Crippen LogP contribution in [0.5, 0.6) is 11.5 Å². The lowest BCUT2D eigenvalue weighted by atomic mass is 9.93. The molecular weight excluding hydrogens is 456 g/mol. The molecular formula is C26H23ClN2O5. The molecule has 3 aromatic carbocycles. The Labute approximate surface area is 200 Å². The Balaban J connectivity index is 1.80. The third kappa shape index (κ3) is 3.31. The molecule has 0 fully saturated rings. The number of benzene rings is 3. The van der Waals surface area contributed by atoms with E-state index < -0.39 is 17.2 Å². The van der Waals surface area contributed by atoms with Gasteiger partial charge in [-0.05, 0) is 23.8 Å². The fraction of sp³-hybridized carbons (Fsp3) is 0.231. The van der Waals surface area contributed by atoms with Crippen molar-refractivity contribution in [2.45, 2.75) is 13.8 Å². The first-order chi connectivity index (χ1) is 16.1. The van der Waals surface area contributed by atoms with E-state index in [4.69, 9.17) is 16.3 Å². The summed E-state index contributed by atoms with van der Waals surface area (Å²) in [7, 11) is 1.85. The Morgan fingerprint density at radius 3 is 2.44 bits per heavy atom. The molecule has 0 bridgehead atoms. The molecule has 4 aromatic rings. The highest BCUT2D eigenvalue weighted by Crippen LogP contribution is 2.44. The molecule has 1 aliphatic heterocycles. The number of aromatic hydroxyl groups is 1. The summed E-state index contributed by atoms with van der Waals surface area (Å²) in [6.45, 7) is 3.85. The van der Waals surface area contributed by atoms with Crippen molar-refractivity contribution in [2.24, 2.45) is 12.5 Å². The van der Waals surface area contributed by atoms with Crippen LogP contribution in [0.2, 0.25) is 5.02 Å². The van der Waals surface area contributed by atoms with Crippen LogP contribution >= 0.6 is 11.6 Å². The lowest BCUT2D eigenvalue weighted by molar-refractivity contribution is 0.0880. The summed E-state index contributed by atoms with van der Waals surface area (Å²) in [5, 5.41) is 24.3. The second-order valence-electron chi connectivity index (χ2n) is 9.34. The van der Waals surface area contributed by atoms with Gasteiger partial charge >= 0.3 is 0 Å². The van der Waals surface area contributed by atoms with Crippen LogP contribution in [0.15, 0.2) is 42.5 Å². The minimum atomic E-state index is -0.490. The number of aliphatic hydroxyl groups excluding tert-OH is 1. The van der Waals surface area contributed by atoms with E-state index in [2.05, 4.69) is 5.32 Å². The minimum Gasteiger partial charge on any atom is -0.504 e. The van der Waals surface area contributed by atoms with Crippen molar-refractivity contribution < 1.29 is 24.5 Å². The largest absolute Gasteiger partial charge is 0.504 e. The van der Waals surface area contributed by atoms with Gasteiger partial charge in [0.2, 0.25) is 0 Å². The molecule has 0 radical (unpaired) electrons. The van der Waals surface area contributed by atoms with E-state index in [0.29, 0.717) is 32.4 Å². The van der Waals surface area contributed by atoms with Gasteiger partial charge in [-0.3, -0.25) is 14.9 Å². The molecule has 0 aliphatic carbocycles. The molecule has 174 valence electrons. The summed E-state index contributed by atoms with van der Waals surface area (Å²) < 4.78 is 7.71. The number of nitrogens with zero attached hydrogens (tertiary/aromatic N) is 1. The molecule has 1 aliphatic rings. The predicted molar refractivity (Wildman–Crippen MR) is 131 cm³/mol. The van der Waals surface area contributed by atoms with Crippen LogP contribution in [-0.4, -0.2) is 39.8 Å². The SMILES string of the molecule is Cn1c2cc(OCC(C)(C)CO)c(O)cc2c2c3c(c(-c4ccccc4Cl)cc21)C(=O)NC3=O. The van der Waals surface area contributed by atoms with Gasteiger partial charge < -0.3 is 19.5 Å². The molecule has 0 saturated heterocycles. The number of phenolic OH excluding ortho intramolecular Hbond substituents is 1. The number of hydrogen-bond acceptors (Lipinski definition) is 5. The van der Waals surface area contributed by atoms with E-state index in [9.17, 15) is 19.8 Å². The average Bonchev–Trinajstić information content (AvgIpc) is 3.25. The van der Waals surface area contributed by atoms with Gasteiger partial charge in [0.15, 0.2) is 11.5 Å². The normalized spacial score (nSPS) is 13.6. The summed E-state index contributed by atoms with van der Waals surface area (Å²) in [4.78, 5) is 25.7. The molecule has 34 heavy (non-hydrogen) atoms. The number of nitrogens with one attached hydrogen (secondary N) is 1. The first kappa shape index (κ1) is 22.3. The van der Waals surface area contributed by atoms with Crippen molar-refractivity contribution in [3.8, 4) is 22.6 Å². The molecule has 7 nitrogen and oxygen atoms in total. The second kappa shape index (κ2) is 7.75. The summed E-state index contributed by atoms with van der Waals surface area (Å²) >= 11 is 6.45. The van der Waals surface area contributed by atoms with Crippen molar-refractivity contribution in [1.29, 1.82) is 0 Å². The maximum atomic E-state index is 12.9. The monoisotopic (exact) mass is 478 g/mol. The first-order valence-corrected chi connectivity index (χ1v) is 11.2. The number of carbonyl (C=O) groups excluding carboxylic acids is 2. The highest BCUT2D eigenvalue weighted by atomic mass is 35.5. The first-order valence-electron chi connectivity index (χ1n) is 10.8. The topological polar surface area (TPSA) is 101 Å². The Hall–Kier alpha value is -3.55. The van der Waals surface area contributed by atoms with Gasteiger partial charge in [-0.1, -0.05) is 43.6 Å². The van der Waals surface area contributed by atoms with Crippen LogP contribution < -0.4 is 10.1 Å². The van der Waals surface area contributed by atoms with Crippen molar-refractivity contribution in [2.75, 3.05) is 13.2 Å². The molecule has 3 N–H and O–H groups in total. The third-order valence-electron chi connectivity index (χ3n) is 6.27. The Morgan fingerprint density at radius 1 is 1.03 bits per heavy atom. The number of ether oxygens (including phenoxy) is 1. The van der Waals surface area contributed by atoms with Gasteiger partial charge in [0.25, 0.3) is 11.8 Å². The summed E-state index contributed by atoms with van der Waals surface area (Å²) in [6, 6.07) is 12.3. The van der Waals surface area contributed by atoms with Gasteiger partial charge in [0.05, 0.1) is 35.4 Å². The number of imide groups is 1. The molecule has 8 heteroatoms. The van der Waals surface area contributed by atoms with Crippen molar-refractivity contribution in [1.82, 2.24) is 9.88 Å². The van der Waals surface area contributed by atoms with Crippen molar-refractivity contribution in [3.05, 3.63) is 58.6 Å². The summed E-state index contributed by atoms with van der Waals surface area (Å²) in [6.07, 6.45) is 0. The van der Waals surface area contributed by atoms with Crippen LogP contribution in [0.3, 0.4) is 0 Å². The van der Waals surface area contributed by atoms with Crippen LogP contribution in [0, 0.1) is 5.41 Å². The average molecular weight is 479 g/mol. The quantitative estimate of drug-likeness (QED) is 0.363. The maximum absolute atomic E-state index is 12.9. The van der Waals surface area contributed by atoms with E-state index >= 15 is 0 Å². The zero-order valence-corrected chi connectivity index (χ0v) is 19.7. The zero-order valence-electron chi connectivity index (χ0n) is 18.9. The second-order valence-corrected chi connectivity index (χ2v) is 9.75. The fourth-order valence-corrected chi connectivity index (χ4v) is 4.63. The van der Waals surface area contributed by atoms with Crippen LogP contribution in [0.1, 0.15) is 34.6 Å². The number of fused-ring (bicyclic) bond motifs is 5. The Bertz CT molecular complexity index is 1520. The number of aromatic nitrogens is 1. The number of aryl methyl sites for hydroxylation is 1. The number of rotatable bonds is 5. The highest BCUT2D eigenvalue weighted by molar-refractivity contribution is 6.36. The summed E-state index contributed by atoms with van der Waals surface area (Å²) in [5.74, 6) is -0.800. The minimum absolute atomic E-state index is 0.0653. The van der Waals surface area contributed by atoms with Crippen LogP contribution in [-0.2, 0) is 7.05 Å². The zero-order chi connectivity index (χ0) is 24.4. The number of hydrogen-bond donors (Lipinski definition) is 3. The number of phenols is 1. The van der Waals surface area contributed by atoms with E-state index in [0.717, 1.165) is 5.52 Å². The van der Waals surface area contributed by atoms with E-state index in [1.54, 1.807) is 24.3 Å². The third-order valence-corrected chi connectivity index (χ3v) is 6.60. The van der Waals surface area contributed by atoms with Crippen molar-refractivity contribution >= 4 is 45.2 Å². The Morgan fingerprint density at radius 2 is 1.74 bits per heavy atom. The number of aliphatic hydroxyl groups is 1. The number of halogens is 1. The molecule has 0 atom stereocenters. The van der Waals surface area contributed by atoms with E-state index in [-0.39, 0.29) is 35.8 Å². The standard InChI is InChI=1S/C26H23ClN2O5/c1-26(2,11-30)12-34-20-10-17-15(9-19(20)31)21-18(29(17)3)8-14(13-6-4-5-7-16(13)27)22-23(21)25(33)28-24(22)32/h4-10,30-31H,11-12H2,1-3H3,(H,28,32,33). The summed E-state index contributed by atoms with van der Waals surface area (Å²) in [5.41, 5.74) is 2.68. The van der Waals surface area contributed by atoms with E-state index in [1.165, 1.54) is 0 Å². The molecule has 5 rings (SSSR count). The van der Waals surface area contributed by atoms with Gasteiger partial charge in [-0.2, -0.15) is 0 Å². The number of carbonyl (C=O) groups is 2. The lowest BCUT2D eigenvalue weighted by Crippen LogP contribution is -2.25. The molecule has 1 aromatic heterocycles. The molecule has 2 amide bonds. The van der Waals surface area contributed by atoms with Gasteiger partial charge in [0.1, 0.15) is 0 Å².